The Labute approximate surface area is 115 Å². The normalized spacial score (nSPS) is 18.8. The van der Waals surface area contributed by atoms with Crippen LogP contribution in [0.1, 0.15) is 49.1 Å². The molecule has 1 atom stereocenters. The molecule has 1 fully saturated rings. The van der Waals surface area contributed by atoms with Gasteiger partial charge in [0.2, 0.25) is 0 Å². The van der Waals surface area contributed by atoms with Gasteiger partial charge in [0.05, 0.1) is 0 Å². The van der Waals surface area contributed by atoms with Crippen LogP contribution in [0.2, 0.25) is 0 Å². The van der Waals surface area contributed by atoms with Crippen molar-refractivity contribution in [2.45, 2.75) is 44.9 Å². The molecule has 1 aliphatic carbocycles. The highest BCUT2D eigenvalue weighted by Gasteiger charge is 2.25. The van der Waals surface area contributed by atoms with Crippen LogP contribution in [0.3, 0.4) is 0 Å². The minimum Gasteiger partial charge on any atom is -0.361 e. The maximum absolute atomic E-state index is 6.10. The molecule has 2 heteroatoms. The van der Waals surface area contributed by atoms with Crippen LogP contribution in [0, 0.1) is 12.8 Å². The maximum atomic E-state index is 6.10. The predicted molar refractivity (Wildman–Crippen MR) is 81.4 cm³/mol. The fourth-order valence-corrected chi connectivity index (χ4v) is 3.68. The summed E-state index contributed by atoms with van der Waals surface area (Å²) in [4.78, 5) is 3.43. The molecule has 3 rings (SSSR count). The number of nitrogens with two attached hydrogens (primary N) is 1. The molecule has 3 N–H and O–H groups in total. The van der Waals surface area contributed by atoms with Crippen LogP contribution < -0.4 is 5.73 Å². The number of aromatic nitrogens is 1. The molecule has 0 aliphatic heterocycles. The molecule has 1 aromatic heterocycles. The van der Waals surface area contributed by atoms with Gasteiger partial charge in [-0.25, -0.2) is 0 Å². The monoisotopic (exact) mass is 256 g/mol. The third-order valence-electron chi connectivity index (χ3n) is 4.74. The van der Waals surface area contributed by atoms with Gasteiger partial charge >= 0.3 is 0 Å². The Bertz CT molecular complexity index is 549. The molecule has 102 valence electrons. The quantitative estimate of drug-likeness (QED) is 0.853. The van der Waals surface area contributed by atoms with E-state index in [0.717, 1.165) is 12.5 Å². The predicted octanol–water partition coefficient (Wildman–Crippen LogP) is 4.10. The summed E-state index contributed by atoms with van der Waals surface area (Å²) in [7, 11) is 0. The van der Waals surface area contributed by atoms with Crippen LogP contribution in [0.25, 0.3) is 10.9 Å². The van der Waals surface area contributed by atoms with Gasteiger partial charge in [-0.2, -0.15) is 0 Å². The number of hydrogen-bond acceptors (Lipinski definition) is 1. The van der Waals surface area contributed by atoms with E-state index in [9.17, 15) is 0 Å². The number of H-pyrrole nitrogens is 1. The molecule has 1 aromatic carbocycles. The molecule has 2 aromatic rings. The molecule has 2 nitrogen and oxygen atoms in total. The topological polar surface area (TPSA) is 41.8 Å². The minimum absolute atomic E-state index is 0.525. The van der Waals surface area contributed by atoms with Gasteiger partial charge in [-0.3, -0.25) is 0 Å². The zero-order valence-corrected chi connectivity index (χ0v) is 11.8. The van der Waals surface area contributed by atoms with Gasteiger partial charge in [0, 0.05) is 23.0 Å². The van der Waals surface area contributed by atoms with Crippen molar-refractivity contribution < 1.29 is 0 Å². The van der Waals surface area contributed by atoms with Crippen LogP contribution in [0.15, 0.2) is 24.4 Å². The smallest absolute Gasteiger partial charge is 0.0459 e. The summed E-state index contributed by atoms with van der Waals surface area (Å²) >= 11 is 0. The summed E-state index contributed by atoms with van der Waals surface area (Å²) in [6, 6.07) is 6.68. The van der Waals surface area contributed by atoms with Crippen LogP contribution in [-0.4, -0.2) is 11.5 Å². The summed E-state index contributed by atoms with van der Waals surface area (Å²) in [5.74, 6) is 1.30. The second kappa shape index (κ2) is 5.38. The van der Waals surface area contributed by atoms with Crippen LogP contribution in [0.5, 0.6) is 0 Å². The molecule has 0 radical (unpaired) electrons. The van der Waals surface area contributed by atoms with E-state index in [0.29, 0.717) is 5.92 Å². The van der Waals surface area contributed by atoms with E-state index in [1.165, 1.54) is 54.1 Å². The minimum atomic E-state index is 0.525. The Morgan fingerprint density at radius 3 is 2.79 bits per heavy atom. The van der Waals surface area contributed by atoms with E-state index in [-0.39, 0.29) is 0 Å². The lowest BCUT2D eigenvalue weighted by molar-refractivity contribution is 0.308. The Balaban J connectivity index is 1.96. The lowest BCUT2D eigenvalue weighted by Crippen LogP contribution is -2.23. The van der Waals surface area contributed by atoms with Crippen molar-refractivity contribution >= 4 is 10.9 Å². The first-order valence-corrected chi connectivity index (χ1v) is 7.57. The zero-order chi connectivity index (χ0) is 13.2. The number of aromatic amines is 1. The highest BCUT2D eigenvalue weighted by molar-refractivity contribution is 5.84. The van der Waals surface area contributed by atoms with Crippen molar-refractivity contribution in [1.82, 2.24) is 4.98 Å². The molecule has 0 saturated heterocycles. The Kier molecular flexibility index (Phi) is 3.61. The molecule has 0 amide bonds. The highest BCUT2D eigenvalue weighted by atomic mass is 14.7. The molecular weight excluding hydrogens is 232 g/mol. The lowest BCUT2D eigenvalue weighted by Gasteiger charge is -2.29. The third-order valence-corrected chi connectivity index (χ3v) is 4.74. The SMILES string of the molecule is Cc1ccc2c(C(CN)C3CCCCC3)c[nH]c2c1. The molecule has 19 heavy (non-hydrogen) atoms. The number of nitrogens with one attached hydrogen (secondary N) is 1. The second-order valence-electron chi connectivity index (χ2n) is 6.03. The van der Waals surface area contributed by atoms with Gasteiger partial charge in [0.1, 0.15) is 0 Å². The molecule has 0 bridgehead atoms. The molecule has 1 heterocycles. The van der Waals surface area contributed by atoms with E-state index >= 15 is 0 Å². The fraction of sp³-hybridized carbons (Fsp3) is 0.529. The van der Waals surface area contributed by atoms with Gasteiger partial charge in [-0.1, -0.05) is 31.4 Å². The number of rotatable bonds is 3. The Morgan fingerprint density at radius 1 is 1.26 bits per heavy atom. The number of hydrogen-bond donors (Lipinski definition) is 2. The summed E-state index contributed by atoms with van der Waals surface area (Å²) in [6.45, 7) is 2.91. The first kappa shape index (κ1) is 12.7. The maximum Gasteiger partial charge on any atom is 0.0459 e. The van der Waals surface area contributed by atoms with Crippen molar-refractivity contribution in [2.24, 2.45) is 11.7 Å². The average molecular weight is 256 g/mol. The summed E-state index contributed by atoms with van der Waals surface area (Å²) in [5, 5.41) is 1.37. The number of benzene rings is 1. The van der Waals surface area contributed by atoms with Gasteiger partial charge in [-0.15, -0.1) is 0 Å². The largest absolute Gasteiger partial charge is 0.361 e. The number of fused-ring (bicyclic) bond motifs is 1. The van der Waals surface area contributed by atoms with E-state index in [1.54, 1.807) is 0 Å². The van der Waals surface area contributed by atoms with Gasteiger partial charge < -0.3 is 10.7 Å². The summed E-state index contributed by atoms with van der Waals surface area (Å²) < 4.78 is 0. The van der Waals surface area contributed by atoms with E-state index in [1.807, 2.05) is 0 Å². The highest BCUT2D eigenvalue weighted by Crippen LogP contribution is 2.38. The Morgan fingerprint density at radius 2 is 2.05 bits per heavy atom. The lowest BCUT2D eigenvalue weighted by atomic mass is 9.77. The van der Waals surface area contributed by atoms with Crippen LogP contribution in [0.4, 0.5) is 0 Å². The second-order valence-corrected chi connectivity index (χ2v) is 6.03. The zero-order valence-electron chi connectivity index (χ0n) is 11.8. The van der Waals surface area contributed by atoms with Crippen molar-refractivity contribution in [2.75, 3.05) is 6.54 Å². The van der Waals surface area contributed by atoms with Crippen LogP contribution in [-0.2, 0) is 0 Å². The standard InChI is InChI=1S/C17H24N2/c1-12-7-8-14-16(11-19-17(14)9-12)15(10-18)13-5-3-2-4-6-13/h7-9,11,13,15,19H,2-6,10,18H2,1H3. The molecule has 1 saturated carbocycles. The molecular formula is C17H24N2. The fourth-order valence-electron chi connectivity index (χ4n) is 3.68. The first-order valence-electron chi connectivity index (χ1n) is 7.57. The van der Waals surface area contributed by atoms with Crippen LogP contribution >= 0.6 is 0 Å². The van der Waals surface area contributed by atoms with Crippen molar-refractivity contribution in [3.05, 3.63) is 35.5 Å². The van der Waals surface area contributed by atoms with Gasteiger partial charge in [-0.05, 0) is 49.4 Å². The molecule has 1 aliphatic rings. The van der Waals surface area contributed by atoms with Gasteiger partial charge in [0.25, 0.3) is 0 Å². The Hall–Kier alpha value is -1.28. The average Bonchev–Trinajstić information content (AvgIpc) is 2.84. The van der Waals surface area contributed by atoms with E-state index in [2.05, 4.69) is 36.3 Å². The third kappa shape index (κ3) is 2.42. The van der Waals surface area contributed by atoms with Crippen molar-refractivity contribution in [3.63, 3.8) is 0 Å². The van der Waals surface area contributed by atoms with Crippen molar-refractivity contribution in [3.8, 4) is 0 Å². The molecule has 0 spiro atoms. The molecule has 1 unspecified atom stereocenters. The van der Waals surface area contributed by atoms with Crippen molar-refractivity contribution in [1.29, 1.82) is 0 Å². The summed E-state index contributed by atoms with van der Waals surface area (Å²) in [6.07, 6.45) is 9.04. The first-order chi connectivity index (χ1) is 9.29. The number of aryl methyl sites for hydroxylation is 1. The van der Waals surface area contributed by atoms with E-state index in [4.69, 9.17) is 5.73 Å². The summed E-state index contributed by atoms with van der Waals surface area (Å²) in [5.41, 5.74) is 10.1. The van der Waals surface area contributed by atoms with E-state index < -0.39 is 0 Å². The van der Waals surface area contributed by atoms with Gasteiger partial charge in [0.15, 0.2) is 0 Å².